The largest absolute Gasteiger partial charge is 0.396 e. The smallest absolute Gasteiger partial charge is 0.273 e. The van der Waals surface area contributed by atoms with Crippen molar-refractivity contribution in [2.75, 3.05) is 12.4 Å². The van der Waals surface area contributed by atoms with Crippen LogP contribution < -0.4 is 0 Å². The molecule has 0 aromatic heterocycles. The highest BCUT2D eigenvalue weighted by atomic mass is 32.2. The molecule has 1 N–H and O–H groups in total. The quantitative estimate of drug-likeness (QED) is 0.363. The van der Waals surface area contributed by atoms with Crippen LogP contribution >= 0.6 is 11.8 Å². The van der Waals surface area contributed by atoms with E-state index in [0.29, 0.717) is 12.0 Å². The maximum absolute atomic E-state index is 10.7. The Bertz CT molecular complexity index is 355. The fourth-order valence-electron chi connectivity index (χ4n) is 1.20. The van der Waals surface area contributed by atoms with Crippen LogP contribution in [-0.2, 0) is 0 Å². The summed E-state index contributed by atoms with van der Waals surface area (Å²) in [5.41, 5.74) is 0.856. The molecule has 15 heavy (non-hydrogen) atoms. The minimum atomic E-state index is -0.370. The minimum Gasteiger partial charge on any atom is -0.396 e. The van der Waals surface area contributed by atoms with E-state index in [1.165, 1.54) is 17.8 Å². The first-order valence-electron chi connectivity index (χ1n) is 4.64. The lowest BCUT2D eigenvalue weighted by molar-refractivity contribution is -0.385. The van der Waals surface area contributed by atoms with Gasteiger partial charge in [-0.05, 0) is 19.4 Å². The summed E-state index contributed by atoms with van der Waals surface area (Å²) in [7, 11) is 0. The van der Waals surface area contributed by atoms with Crippen LogP contribution in [0.1, 0.15) is 12.0 Å². The molecule has 0 saturated carbocycles. The topological polar surface area (TPSA) is 63.4 Å². The van der Waals surface area contributed by atoms with Crippen molar-refractivity contribution < 1.29 is 10.0 Å². The number of nitro benzene ring substituents is 1. The fourth-order valence-corrected chi connectivity index (χ4v) is 2.19. The molecule has 0 aliphatic heterocycles. The number of nitro groups is 1. The molecule has 1 aromatic carbocycles. The van der Waals surface area contributed by atoms with Gasteiger partial charge in [-0.15, -0.1) is 11.8 Å². The first kappa shape index (κ1) is 12.0. The van der Waals surface area contributed by atoms with Crippen molar-refractivity contribution in [2.24, 2.45) is 0 Å². The summed E-state index contributed by atoms with van der Waals surface area (Å²) in [5.74, 6) is 0.776. The number of nitrogens with zero attached hydrogens (tertiary/aromatic N) is 1. The van der Waals surface area contributed by atoms with E-state index in [2.05, 4.69) is 0 Å². The summed E-state index contributed by atoms with van der Waals surface area (Å²) >= 11 is 1.54. The van der Waals surface area contributed by atoms with Gasteiger partial charge in [-0.2, -0.15) is 0 Å². The van der Waals surface area contributed by atoms with Crippen LogP contribution in [0.15, 0.2) is 23.1 Å². The highest BCUT2D eigenvalue weighted by molar-refractivity contribution is 7.99. The molecule has 0 heterocycles. The van der Waals surface area contributed by atoms with E-state index in [-0.39, 0.29) is 17.2 Å². The van der Waals surface area contributed by atoms with Gasteiger partial charge in [0.15, 0.2) is 0 Å². The molecule has 82 valence electrons. The van der Waals surface area contributed by atoms with Gasteiger partial charge in [-0.25, -0.2) is 0 Å². The lowest BCUT2D eigenvalue weighted by Crippen LogP contribution is -1.93. The van der Waals surface area contributed by atoms with Crippen molar-refractivity contribution >= 4 is 17.4 Å². The molecule has 0 saturated heterocycles. The number of rotatable bonds is 5. The first-order valence-corrected chi connectivity index (χ1v) is 5.63. The van der Waals surface area contributed by atoms with Gasteiger partial charge in [0.25, 0.3) is 5.69 Å². The maximum Gasteiger partial charge on any atom is 0.273 e. The predicted octanol–water partition coefficient (Wildman–Crippen LogP) is 2.38. The number of thioether (sulfide) groups is 1. The third kappa shape index (κ3) is 3.21. The molecule has 5 heteroatoms. The first-order chi connectivity index (χ1) is 7.16. The van der Waals surface area contributed by atoms with E-state index in [0.717, 1.165) is 10.6 Å². The Kier molecular flexibility index (Phi) is 4.58. The molecule has 0 aliphatic carbocycles. The van der Waals surface area contributed by atoms with Crippen LogP contribution in [0.25, 0.3) is 0 Å². The van der Waals surface area contributed by atoms with Crippen molar-refractivity contribution in [2.45, 2.75) is 18.2 Å². The molecule has 0 atom stereocenters. The third-order valence-corrected chi connectivity index (χ3v) is 3.26. The Balaban J connectivity index is 2.80. The average Bonchev–Trinajstić information content (AvgIpc) is 2.20. The predicted molar refractivity (Wildman–Crippen MR) is 60.3 cm³/mol. The summed E-state index contributed by atoms with van der Waals surface area (Å²) in [5, 5.41) is 19.3. The number of benzene rings is 1. The maximum atomic E-state index is 10.7. The van der Waals surface area contributed by atoms with Gasteiger partial charge >= 0.3 is 0 Å². The fraction of sp³-hybridized carbons (Fsp3) is 0.400. The van der Waals surface area contributed by atoms with Gasteiger partial charge in [0.2, 0.25) is 0 Å². The van der Waals surface area contributed by atoms with Gasteiger partial charge in [0.1, 0.15) is 0 Å². The molecule has 1 aromatic rings. The zero-order chi connectivity index (χ0) is 11.3. The molecule has 4 nitrogen and oxygen atoms in total. The van der Waals surface area contributed by atoms with E-state index in [1.807, 2.05) is 6.07 Å². The second-order valence-corrected chi connectivity index (χ2v) is 4.22. The van der Waals surface area contributed by atoms with Crippen molar-refractivity contribution in [3.05, 3.63) is 33.9 Å². The van der Waals surface area contributed by atoms with Crippen LogP contribution in [0.4, 0.5) is 5.69 Å². The van der Waals surface area contributed by atoms with Crippen molar-refractivity contribution in [1.82, 2.24) is 0 Å². The monoisotopic (exact) mass is 227 g/mol. The van der Waals surface area contributed by atoms with Crippen molar-refractivity contribution in [1.29, 1.82) is 0 Å². The number of hydrogen-bond donors (Lipinski definition) is 1. The number of aliphatic hydroxyl groups excluding tert-OH is 1. The van der Waals surface area contributed by atoms with Crippen LogP contribution in [0.5, 0.6) is 0 Å². The number of hydrogen-bond acceptors (Lipinski definition) is 4. The number of aliphatic hydroxyl groups is 1. The second-order valence-electron chi connectivity index (χ2n) is 3.08. The second kappa shape index (κ2) is 5.72. The summed E-state index contributed by atoms with van der Waals surface area (Å²) < 4.78 is 0. The third-order valence-electron chi connectivity index (χ3n) is 2.01. The zero-order valence-corrected chi connectivity index (χ0v) is 9.29. The standard InChI is InChI=1S/C10H13NO3S/c1-8-9(11(13)14)4-2-5-10(8)15-7-3-6-12/h2,4-5,12H,3,6-7H2,1H3. The summed E-state index contributed by atoms with van der Waals surface area (Å²) in [6.45, 7) is 1.90. The van der Waals surface area contributed by atoms with E-state index in [1.54, 1.807) is 13.0 Å². The molecule has 0 bridgehead atoms. The molecular weight excluding hydrogens is 214 g/mol. The van der Waals surface area contributed by atoms with E-state index >= 15 is 0 Å². The highest BCUT2D eigenvalue weighted by Gasteiger charge is 2.12. The van der Waals surface area contributed by atoms with Gasteiger partial charge in [-0.3, -0.25) is 10.1 Å². The van der Waals surface area contributed by atoms with Gasteiger partial charge in [-0.1, -0.05) is 6.07 Å². The van der Waals surface area contributed by atoms with Crippen LogP contribution in [0, 0.1) is 17.0 Å². The Morgan fingerprint density at radius 1 is 1.53 bits per heavy atom. The van der Waals surface area contributed by atoms with Crippen molar-refractivity contribution in [3.63, 3.8) is 0 Å². The summed E-state index contributed by atoms with van der Waals surface area (Å²) in [6.07, 6.45) is 0.701. The van der Waals surface area contributed by atoms with Gasteiger partial charge in [0, 0.05) is 28.9 Å². The van der Waals surface area contributed by atoms with E-state index in [9.17, 15) is 10.1 Å². The molecule has 0 unspecified atom stereocenters. The lowest BCUT2D eigenvalue weighted by Gasteiger charge is -2.04. The molecule has 0 spiro atoms. The molecule has 0 aliphatic rings. The van der Waals surface area contributed by atoms with Crippen LogP contribution in [0.3, 0.4) is 0 Å². The molecular formula is C10H13NO3S. The average molecular weight is 227 g/mol. The normalized spacial score (nSPS) is 10.3. The molecule has 1 rings (SSSR count). The van der Waals surface area contributed by atoms with Crippen molar-refractivity contribution in [3.8, 4) is 0 Å². The molecule has 0 amide bonds. The van der Waals surface area contributed by atoms with Gasteiger partial charge < -0.3 is 5.11 Å². The lowest BCUT2D eigenvalue weighted by atomic mass is 10.2. The zero-order valence-electron chi connectivity index (χ0n) is 8.47. The summed E-state index contributed by atoms with van der Waals surface area (Å²) in [6, 6.07) is 5.06. The Morgan fingerprint density at radius 2 is 2.27 bits per heavy atom. The summed E-state index contributed by atoms with van der Waals surface area (Å²) in [4.78, 5) is 11.2. The van der Waals surface area contributed by atoms with E-state index in [4.69, 9.17) is 5.11 Å². The Labute approximate surface area is 92.5 Å². The highest BCUT2D eigenvalue weighted by Crippen LogP contribution is 2.29. The van der Waals surface area contributed by atoms with Crippen LogP contribution in [0.2, 0.25) is 0 Å². The molecule has 0 radical (unpaired) electrons. The Morgan fingerprint density at radius 3 is 2.87 bits per heavy atom. The minimum absolute atomic E-state index is 0.154. The SMILES string of the molecule is Cc1c(SCCCO)cccc1[N+](=O)[O-]. The van der Waals surface area contributed by atoms with Gasteiger partial charge in [0.05, 0.1) is 4.92 Å². The van der Waals surface area contributed by atoms with E-state index < -0.39 is 0 Å². The molecule has 0 fully saturated rings. The Hall–Kier alpha value is -1.07. The van der Waals surface area contributed by atoms with Crippen LogP contribution in [-0.4, -0.2) is 22.4 Å².